The van der Waals surface area contributed by atoms with Crippen LogP contribution in [0.25, 0.3) is 116 Å². The molecule has 5 heteroatoms. The SMILES string of the molecule is c1ccc2c(c1)c1ccccc1n2-c1ccc(-c2ccc3oc4ccncc4c3c2)c(-n2c3ccccc3c3ccccc32)c1-n1c2ccccc2c2ccccc21. The van der Waals surface area contributed by atoms with E-state index in [1.807, 2.05) is 12.3 Å². The molecule has 5 nitrogen and oxygen atoms in total. The van der Waals surface area contributed by atoms with Gasteiger partial charge in [0.1, 0.15) is 11.2 Å². The second kappa shape index (κ2) is 11.8. The molecule has 0 saturated heterocycles. The molecule has 58 heavy (non-hydrogen) atoms. The van der Waals surface area contributed by atoms with Gasteiger partial charge in [0.2, 0.25) is 0 Å². The van der Waals surface area contributed by atoms with Gasteiger partial charge in [-0.2, -0.15) is 0 Å². The number of hydrogen-bond donors (Lipinski definition) is 0. The van der Waals surface area contributed by atoms with Crippen LogP contribution in [0.5, 0.6) is 0 Å². The summed E-state index contributed by atoms with van der Waals surface area (Å²) in [4.78, 5) is 4.49. The quantitative estimate of drug-likeness (QED) is 0.180. The predicted molar refractivity (Wildman–Crippen MR) is 240 cm³/mol. The number of para-hydroxylation sites is 6. The molecule has 0 spiro atoms. The lowest BCUT2D eigenvalue weighted by Crippen LogP contribution is -2.10. The number of nitrogens with zero attached hydrogens (tertiary/aromatic N) is 4. The fraction of sp³-hybridized carbons (Fsp3) is 0. The molecule has 0 bridgehead atoms. The van der Waals surface area contributed by atoms with Gasteiger partial charge < -0.3 is 18.1 Å². The number of pyridine rings is 1. The van der Waals surface area contributed by atoms with Crippen LogP contribution in [0, 0.1) is 0 Å². The van der Waals surface area contributed by atoms with E-state index in [1.54, 1.807) is 6.20 Å². The maximum absolute atomic E-state index is 6.34. The van der Waals surface area contributed by atoms with Crippen LogP contribution in [0.2, 0.25) is 0 Å². The van der Waals surface area contributed by atoms with Crippen molar-refractivity contribution in [3.05, 3.63) is 194 Å². The first-order valence-corrected chi connectivity index (χ1v) is 19.7. The Bertz CT molecular complexity index is 3660. The summed E-state index contributed by atoms with van der Waals surface area (Å²) < 4.78 is 13.8. The molecule has 13 rings (SSSR count). The highest BCUT2D eigenvalue weighted by Crippen LogP contribution is 2.46. The fourth-order valence-electron chi connectivity index (χ4n) is 9.73. The maximum Gasteiger partial charge on any atom is 0.138 e. The average Bonchev–Trinajstić information content (AvgIpc) is 4.02. The summed E-state index contributed by atoms with van der Waals surface area (Å²) in [5.74, 6) is 0. The summed E-state index contributed by atoms with van der Waals surface area (Å²) in [6.07, 6.45) is 3.70. The molecular formula is C53H32N4O. The second-order valence-corrected chi connectivity index (χ2v) is 15.1. The molecule has 8 aromatic carbocycles. The Labute approximate surface area is 331 Å². The third-order valence-corrected chi connectivity index (χ3v) is 12.1. The minimum atomic E-state index is 0.831. The van der Waals surface area contributed by atoms with Crippen molar-refractivity contribution < 1.29 is 4.42 Å². The number of benzene rings is 8. The zero-order chi connectivity index (χ0) is 37.9. The predicted octanol–water partition coefficient (Wildman–Crippen LogP) is 13.9. The lowest BCUT2D eigenvalue weighted by atomic mass is 9.98. The van der Waals surface area contributed by atoms with Gasteiger partial charge in [0.05, 0.1) is 50.2 Å². The van der Waals surface area contributed by atoms with E-state index in [0.29, 0.717) is 0 Å². The molecule has 0 aliphatic rings. The Morgan fingerprint density at radius 1 is 0.345 bits per heavy atom. The van der Waals surface area contributed by atoms with Crippen LogP contribution in [-0.4, -0.2) is 18.7 Å². The molecule has 0 atom stereocenters. The summed E-state index contributed by atoms with van der Waals surface area (Å²) in [5.41, 5.74) is 14.0. The van der Waals surface area contributed by atoms with Crippen molar-refractivity contribution in [2.75, 3.05) is 0 Å². The Hall–Kier alpha value is -7.89. The van der Waals surface area contributed by atoms with Crippen molar-refractivity contribution in [1.82, 2.24) is 18.7 Å². The van der Waals surface area contributed by atoms with Crippen LogP contribution in [0.3, 0.4) is 0 Å². The normalized spacial score (nSPS) is 12.1. The highest BCUT2D eigenvalue weighted by Gasteiger charge is 2.27. The standard InChI is InChI=1S/C53H32N4O/c1-7-19-43-35(13-1)36-14-2-8-20-44(36)55(43)49-27-26-34(33-25-28-50-41(31-33)42-32-54-30-29-51(42)58-50)52(56-45-21-9-3-15-37(45)38-16-4-10-22-46(38)56)53(49)57-47-23-11-5-17-39(47)40-18-6-12-24-48(40)57/h1-32H. The van der Waals surface area contributed by atoms with Gasteiger partial charge in [-0.1, -0.05) is 121 Å². The van der Waals surface area contributed by atoms with Gasteiger partial charge in [-0.15, -0.1) is 0 Å². The van der Waals surface area contributed by atoms with Crippen molar-refractivity contribution in [3.8, 4) is 28.2 Å². The third kappa shape index (κ3) is 4.22. The smallest absolute Gasteiger partial charge is 0.138 e. The third-order valence-electron chi connectivity index (χ3n) is 12.1. The second-order valence-electron chi connectivity index (χ2n) is 15.1. The fourth-order valence-corrected chi connectivity index (χ4v) is 9.73. The van der Waals surface area contributed by atoms with E-state index >= 15 is 0 Å². The van der Waals surface area contributed by atoms with Crippen molar-refractivity contribution in [1.29, 1.82) is 0 Å². The number of aromatic nitrogens is 4. The molecule has 5 aromatic heterocycles. The average molecular weight is 741 g/mol. The first-order chi connectivity index (χ1) is 28.8. The Morgan fingerprint density at radius 3 is 1.28 bits per heavy atom. The van der Waals surface area contributed by atoms with E-state index < -0.39 is 0 Å². The van der Waals surface area contributed by atoms with Gasteiger partial charge in [-0.25, -0.2) is 0 Å². The monoisotopic (exact) mass is 740 g/mol. The van der Waals surface area contributed by atoms with Gasteiger partial charge in [0.25, 0.3) is 0 Å². The van der Waals surface area contributed by atoms with Crippen LogP contribution in [0.1, 0.15) is 0 Å². The lowest BCUT2D eigenvalue weighted by molar-refractivity contribution is 0.668. The first kappa shape index (κ1) is 31.3. The minimum absolute atomic E-state index is 0.831. The number of fused-ring (bicyclic) bond motifs is 12. The Kier molecular flexibility index (Phi) is 6.38. The molecule has 270 valence electrons. The molecule has 5 heterocycles. The highest BCUT2D eigenvalue weighted by molar-refractivity contribution is 6.15. The van der Waals surface area contributed by atoms with Crippen LogP contribution in [0.4, 0.5) is 0 Å². The molecule has 0 unspecified atom stereocenters. The molecule has 0 radical (unpaired) electrons. The van der Waals surface area contributed by atoms with E-state index in [1.165, 1.54) is 32.3 Å². The van der Waals surface area contributed by atoms with Crippen molar-refractivity contribution in [3.63, 3.8) is 0 Å². The first-order valence-electron chi connectivity index (χ1n) is 19.7. The summed E-state index contributed by atoms with van der Waals surface area (Å²) in [6, 6.07) is 66.1. The maximum atomic E-state index is 6.34. The van der Waals surface area contributed by atoms with E-state index in [0.717, 1.165) is 83.2 Å². The number of furan rings is 1. The topological polar surface area (TPSA) is 40.8 Å². The van der Waals surface area contributed by atoms with Crippen LogP contribution < -0.4 is 0 Å². The highest BCUT2D eigenvalue weighted by atomic mass is 16.3. The van der Waals surface area contributed by atoms with Gasteiger partial charge in [-0.05, 0) is 66.2 Å². The van der Waals surface area contributed by atoms with Gasteiger partial charge in [-0.3, -0.25) is 4.98 Å². The zero-order valence-corrected chi connectivity index (χ0v) is 31.2. The lowest BCUT2D eigenvalue weighted by Gasteiger charge is -2.25. The molecule has 0 aliphatic carbocycles. The number of rotatable bonds is 4. The van der Waals surface area contributed by atoms with E-state index in [-0.39, 0.29) is 0 Å². The largest absolute Gasteiger partial charge is 0.456 e. The van der Waals surface area contributed by atoms with Crippen LogP contribution >= 0.6 is 0 Å². The van der Waals surface area contributed by atoms with Crippen molar-refractivity contribution in [2.24, 2.45) is 0 Å². The molecule has 0 amide bonds. The molecule has 0 aliphatic heterocycles. The summed E-state index contributed by atoms with van der Waals surface area (Å²) in [5, 5.41) is 9.33. The Balaban J connectivity index is 1.30. The minimum Gasteiger partial charge on any atom is -0.456 e. The van der Waals surface area contributed by atoms with Crippen LogP contribution in [-0.2, 0) is 0 Å². The van der Waals surface area contributed by atoms with Crippen LogP contribution in [0.15, 0.2) is 199 Å². The summed E-state index contributed by atoms with van der Waals surface area (Å²) in [7, 11) is 0. The molecule has 0 saturated carbocycles. The van der Waals surface area contributed by atoms with E-state index in [2.05, 4.69) is 195 Å². The van der Waals surface area contributed by atoms with E-state index in [4.69, 9.17) is 4.42 Å². The molecule has 13 aromatic rings. The molecular weight excluding hydrogens is 709 g/mol. The van der Waals surface area contributed by atoms with Gasteiger partial charge in [0, 0.05) is 61.0 Å². The number of hydrogen-bond acceptors (Lipinski definition) is 2. The Morgan fingerprint density at radius 2 is 0.776 bits per heavy atom. The summed E-state index contributed by atoms with van der Waals surface area (Å²) >= 11 is 0. The van der Waals surface area contributed by atoms with Crippen molar-refractivity contribution in [2.45, 2.75) is 0 Å². The van der Waals surface area contributed by atoms with Gasteiger partial charge >= 0.3 is 0 Å². The van der Waals surface area contributed by atoms with Crippen molar-refractivity contribution >= 4 is 87.4 Å². The zero-order valence-electron chi connectivity index (χ0n) is 31.2. The van der Waals surface area contributed by atoms with E-state index in [9.17, 15) is 0 Å². The van der Waals surface area contributed by atoms with Gasteiger partial charge in [0.15, 0.2) is 0 Å². The summed E-state index contributed by atoms with van der Waals surface area (Å²) in [6.45, 7) is 0. The molecule has 0 fully saturated rings. The molecule has 0 N–H and O–H groups in total.